The largest absolute Gasteiger partial charge is 0.477 e. The van der Waals surface area contributed by atoms with E-state index in [9.17, 15) is 19.5 Å². The van der Waals surface area contributed by atoms with Crippen LogP contribution < -0.4 is 4.90 Å². The normalized spacial score (nSPS) is 23.2. The van der Waals surface area contributed by atoms with Crippen LogP contribution in [0.2, 0.25) is 0 Å². The van der Waals surface area contributed by atoms with Gasteiger partial charge in [-0.3, -0.25) is 4.79 Å². The molecule has 0 saturated heterocycles. The third-order valence-electron chi connectivity index (χ3n) is 8.34. The SMILES string of the molecule is CC1CCC(C(=O)N(c2cc(C#CC(C)(C)C)sc2C(=O)O)C2CCC(O[C@H](C)CCN(C)C(=O)OC(C)(C)C)CC2)CC1. The molecular formula is C35H54N2O6S. The van der Waals surface area contributed by atoms with Gasteiger partial charge in [0.25, 0.3) is 0 Å². The van der Waals surface area contributed by atoms with Crippen molar-refractivity contribution in [3.8, 4) is 11.8 Å². The minimum Gasteiger partial charge on any atom is -0.477 e. The number of carboxylic acids is 1. The Balaban J connectivity index is 1.72. The van der Waals surface area contributed by atoms with E-state index in [1.807, 2.05) is 59.4 Å². The second kappa shape index (κ2) is 15.1. The van der Waals surface area contributed by atoms with E-state index < -0.39 is 11.6 Å². The molecule has 0 unspecified atom stereocenters. The molecule has 2 fully saturated rings. The van der Waals surface area contributed by atoms with Crippen LogP contribution in [0.3, 0.4) is 0 Å². The average molecular weight is 631 g/mol. The molecule has 1 aromatic rings. The minimum absolute atomic E-state index is 0.0390. The molecule has 3 rings (SSSR count). The molecule has 0 radical (unpaired) electrons. The Kier molecular flexibility index (Phi) is 12.4. The highest BCUT2D eigenvalue weighted by Gasteiger charge is 2.38. The first-order valence-corrected chi connectivity index (χ1v) is 17.1. The fourth-order valence-electron chi connectivity index (χ4n) is 5.87. The number of nitrogens with zero attached hydrogens (tertiary/aromatic N) is 2. The van der Waals surface area contributed by atoms with Crippen molar-refractivity contribution in [3.05, 3.63) is 15.8 Å². The number of amides is 2. The third-order valence-corrected chi connectivity index (χ3v) is 9.37. The Hall–Kier alpha value is -2.57. The van der Waals surface area contributed by atoms with E-state index in [4.69, 9.17) is 9.47 Å². The third kappa shape index (κ3) is 10.8. The predicted octanol–water partition coefficient (Wildman–Crippen LogP) is 7.98. The van der Waals surface area contributed by atoms with Gasteiger partial charge in [0.1, 0.15) is 10.5 Å². The zero-order chi connectivity index (χ0) is 32.8. The molecule has 1 N–H and O–H groups in total. The van der Waals surface area contributed by atoms with E-state index in [0.29, 0.717) is 29.4 Å². The average Bonchev–Trinajstić information content (AvgIpc) is 3.35. The van der Waals surface area contributed by atoms with Crippen LogP contribution in [0.15, 0.2) is 6.07 Å². The van der Waals surface area contributed by atoms with Crippen molar-refractivity contribution < 1.29 is 29.0 Å². The topological polar surface area (TPSA) is 96.4 Å². The van der Waals surface area contributed by atoms with Crippen LogP contribution in [-0.2, 0) is 14.3 Å². The molecule has 2 aliphatic rings. The first-order chi connectivity index (χ1) is 20.4. The summed E-state index contributed by atoms with van der Waals surface area (Å²) in [5.74, 6) is 5.92. The van der Waals surface area contributed by atoms with Crippen LogP contribution in [0.4, 0.5) is 10.5 Å². The summed E-state index contributed by atoms with van der Waals surface area (Å²) in [6, 6.07) is 1.73. The first-order valence-electron chi connectivity index (χ1n) is 16.3. The van der Waals surface area contributed by atoms with Gasteiger partial charge >= 0.3 is 12.1 Å². The number of hydrogen-bond donors (Lipinski definition) is 1. The summed E-state index contributed by atoms with van der Waals surface area (Å²) in [4.78, 5) is 43.2. The van der Waals surface area contributed by atoms with Crippen molar-refractivity contribution in [2.75, 3.05) is 18.5 Å². The van der Waals surface area contributed by atoms with Crippen molar-refractivity contribution in [1.29, 1.82) is 0 Å². The number of carbonyl (C=O) groups excluding carboxylic acids is 2. The van der Waals surface area contributed by atoms with Crippen LogP contribution in [0, 0.1) is 29.1 Å². The number of carboxylic acid groups (broad SMARTS) is 1. The lowest BCUT2D eigenvalue weighted by molar-refractivity contribution is -0.124. The smallest absolute Gasteiger partial charge is 0.410 e. The monoisotopic (exact) mass is 630 g/mol. The Labute approximate surface area is 268 Å². The van der Waals surface area contributed by atoms with Gasteiger partial charge < -0.3 is 24.4 Å². The number of rotatable bonds is 9. The number of ether oxygens (including phenoxy) is 2. The molecule has 8 nitrogen and oxygen atoms in total. The maximum atomic E-state index is 14.2. The zero-order valence-electron chi connectivity index (χ0n) is 28.3. The highest BCUT2D eigenvalue weighted by atomic mass is 32.1. The van der Waals surface area contributed by atoms with Gasteiger partial charge in [0.05, 0.1) is 22.8 Å². The van der Waals surface area contributed by atoms with Crippen LogP contribution in [0.5, 0.6) is 0 Å². The summed E-state index contributed by atoms with van der Waals surface area (Å²) in [6.07, 6.45) is 7.12. The van der Waals surface area contributed by atoms with Gasteiger partial charge in [0.2, 0.25) is 5.91 Å². The van der Waals surface area contributed by atoms with Crippen molar-refractivity contribution in [3.63, 3.8) is 0 Å². The minimum atomic E-state index is -1.02. The molecule has 0 aliphatic heterocycles. The molecule has 0 aromatic carbocycles. The Morgan fingerprint density at radius 1 is 1.02 bits per heavy atom. The second-order valence-electron chi connectivity index (χ2n) is 14.9. The zero-order valence-corrected chi connectivity index (χ0v) is 29.1. The van der Waals surface area contributed by atoms with Gasteiger partial charge in [-0.25, -0.2) is 9.59 Å². The number of carbonyl (C=O) groups is 3. The van der Waals surface area contributed by atoms with Crippen molar-refractivity contribution in [2.45, 2.75) is 137 Å². The fraction of sp³-hybridized carbons (Fsp3) is 0.743. The molecule has 0 bridgehead atoms. The van der Waals surface area contributed by atoms with Gasteiger partial charge in [0, 0.05) is 31.0 Å². The van der Waals surface area contributed by atoms with Crippen LogP contribution in [0.1, 0.15) is 128 Å². The van der Waals surface area contributed by atoms with Gasteiger partial charge in [-0.15, -0.1) is 11.3 Å². The molecule has 246 valence electrons. The number of thiophene rings is 1. The Morgan fingerprint density at radius 2 is 1.64 bits per heavy atom. The molecule has 9 heteroatoms. The lowest BCUT2D eigenvalue weighted by Gasteiger charge is -2.40. The Bertz CT molecular complexity index is 1200. The van der Waals surface area contributed by atoms with Crippen LogP contribution in [-0.4, -0.2) is 65.4 Å². The van der Waals surface area contributed by atoms with Crippen molar-refractivity contribution >= 4 is 35.0 Å². The summed E-state index contributed by atoms with van der Waals surface area (Å²) < 4.78 is 11.8. The second-order valence-corrected chi connectivity index (χ2v) is 15.9. The first kappa shape index (κ1) is 35.9. The van der Waals surface area contributed by atoms with E-state index in [2.05, 4.69) is 18.8 Å². The van der Waals surface area contributed by atoms with Gasteiger partial charge in [-0.2, -0.15) is 0 Å². The molecule has 2 amide bonds. The van der Waals surface area contributed by atoms with E-state index in [1.54, 1.807) is 11.9 Å². The lowest BCUT2D eigenvalue weighted by Crippen LogP contribution is -2.47. The summed E-state index contributed by atoms with van der Waals surface area (Å²) in [7, 11) is 1.74. The highest BCUT2D eigenvalue weighted by molar-refractivity contribution is 7.15. The molecule has 2 aliphatic carbocycles. The molecule has 44 heavy (non-hydrogen) atoms. The maximum Gasteiger partial charge on any atom is 0.410 e. The molecule has 1 heterocycles. The van der Waals surface area contributed by atoms with E-state index in [1.165, 1.54) is 0 Å². The molecule has 0 spiro atoms. The van der Waals surface area contributed by atoms with E-state index in [-0.39, 0.29) is 46.5 Å². The van der Waals surface area contributed by atoms with Gasteiger partial charge in [-0.05, 0) is 118 Å². The molecule has 1 atom stereocenters. The summed E-state index contributed by atoms with van der Waals surface area (Å²) >= 11 is 1.16. The number of aromatic carboxylic acids is 1. The highest BCUT2D eigenvalue weighted by Crippen LogP contribution is 2.39. The van der Waals surface area contributed by atoms with Crippen molar-refractivity contribution in [2.24, 2.45) is 17.3 Å². The van der Waals surface area contributed by atoms with Crippen molar-refractivity contribution in [1.82, 2.24) is 4.90 Å². The van der Waals surface area contributed by atoms with E-state index >= 15 is 0 Å². The lowest BCUT2D eigenvalue weighted by atomic mass is 9.81. The predicted molar refractivity (Wildman–Crippen MR) is 176 cm³/mol. The summed E-state index contributed by atoms with van der Waals surface area (Å²) in [5, 5.41) is 10.2. The molecular weight excluding hydrogens is 576 g/mol. The Morgan fingerprint density at radius 3 is 2.18 bits per heavy atom. The van der Waals surface area contributed by atoms with Gasteiger partial charge in [-0.1, -0.05) is 18.8 Å². The van der Waals surface area contributed by atoms with E-state index in [0.717, 1.165) is 62.7 Å². The van der Waals surface area contributed by atoms with Crippen LogP contribution >= 0.6 is 11.3 Å². The number of anilines is 1. The van der Waals surface area contributed by atoms with Crippen LogP contribution in [0.25, 0.3) is 0 Å². The summed E-state index contributed by atoms with van der Waals surface area (Å²) in [6.45, 7) is 16.4. The van der Waals surface area contributed by atoms with Gasteiger partial charge in [0.15, 0.2) is 0 Å². The quantitative estimate of drug-likeness (QED) is 0.278. The standard InChI is InChI=1S/C35H54N2O6S/c1-23-10-12-25(13-11-23)31(38)37(29-22-28(18-20-34(3,4)5)44-30(29)32(39)40)26-14-16-27(17-15-26)42-24(2)19-21-36(9)33(41)43-35(6,7)8/h22-27H,10-17,19,21H2,1-9H3,(H,39,40)/t23?,24-,25?,26?,27?/m1/s1. The fourth-order valence-corrected chi connectivity index (χ4v) is 6.71. The molecule has 1 aromatic heterocycles. The maximum absolute atomic E-state index is 14.2. The molecule has 2 saturated carbocycles. The summed E-state index contributed by atoms with van der Waals surface area (Å²) in [5.41, 5.74) is -0.262. The number of hydrogen-bond acceptors (Lipinski definition) is 6.